The van der Waals surface area contributed by atoms with Crippen LogP contribution in [0.15, 0.2) is 29.5 Å². The summed E-state index contributed by atoms with van der Waals surface area (Å²) in [6.07, 6.45) is -1.13. The predicted molar refractivity (Wildman–Crippen MR) is 78.4 cm³/mol. The number of fused-ring (bicyclic) bond motifs is 1. The number of hydrogen-bond donors (Lipinski definition) is 1. The van der Waals surface area contributed by atoms with E-state index in [4.69, 9.17) is 9.94 Å². The first-order chi connectivity index (χ1) is 11.4. The van der Waals surface area contributed by atoms with Crippen molar-refractivity contribution in [2.24, 2.45) is 5.28 Å². The number of benzene rings is 1. The van der Waals surface area contributed by atoms with Gasteiger partial charge in [0.1, 0.15) is 0 Å². The van der Waals surface area contributed by atoms with Crippen molar-refractivity contribution in [3.8, 4) is 0 Å². The lowest BCUT2D eigenvalue weighted by atomic mass is 10.1. The maximum absolute atomic E-state index is 12.2. The standard InChI is InChI=1S/C14H16N4O6/c1-3-16(8-12(19)20)18(23)15-24-9(2)17-13(21)10-6-4-5-7-11(10)14(17)22/h4-7,9H,3,8H2,1-2H3,(H,19,20). The highest BCUT2D eigenvalue weighted by molar-refractivity contribution is 6.21. The number of carboxylic acids is 1. The van der Waals surface area contributed by atoms with E-state index >= 15 is 0 Å². The van der Waals surface area contributed by atoms with Crippen LogP contribution >= 0.6 is 0 Å². The van der Waals surface area contributed by atoms with E-state index in [2.05, 4.69) is 5.28 Å². The van der Waals surface area contributed by atoms with Crippen molar-refractivity contribution in [2.75, 3.05) is 13.1 Å². The number of amides is 2. The molecule has 24 heavy (non-hydrogen) atoms. The fourth-order valence-electron chi connectivity index (χ4n) is 2.19. The Morgan fingerprint density at radius 1 is 1.38 bits per heavy atom. The van der Waals surface area contributed by atoms with Gasteiger partial charge in [-0.05, 0) is 26.0 Å². The molecule has 2 rings (SSSR count). The molecule has 1 aromatic rings. The van der Waals surface area contributed by atoms with Gasteiger partial charge >= 0.3 is 5.97 Å². The first-order valence-corrected chi connectivity index (χ1v) is 7.14. The molecule has 0 saturated carbocycles. The molecule has 1 aromatic carbocycles. The number of nitrogens with zero attached hydrogens (tertiary/aromatic N) is 4. The number of carbonyl (C=O) groups is 3. The molecule has 1 aliphatic heterocycles. The van der Waals surface area contributed by atoms with Gasteiger partial charge in [-0.25, -0.2) is 4.90 Å². The molecule has 0 fully saturated rings. The van der Waals surface area contributed by atoms with Crippen LogP contribution in [0.5, 0.6) is 0 Å². The van der Waals surface area contributed by atoms with Gasteiger partial charge < -0.3 is 15.2 Å². The molecule has 128 valence electrons. The molecule has 10 nitrogen and oxygen atoms in total. The van der Waals surface area contributed by atoms with Crippen LogP contribution in [0.3, 0.4) is 0 Å². The fraction of sp³-hybridized carbons (Fsp3) is 0.357. The van der Waals surface area contributed by atoms with Crippen LogP contribution in [0.2, 0.25) is 0 Å². The molecule has 10 heteroatoms. The summed E-state index contributed by atoms with van der Waals surface area (Å²) >= 11 is 0. The number of carboxylic acid groups (broad SMARTS) is 1. The molecule has 0 spiro atoms. The minimum Gasteiger partial charge on any atom is -0.569 e. The predicted octanol–water partition coefficient (Wildman–Crippen LogP) is 0.844. The molecule has 0 aromatic heterocycles. The molecule has 2 amide bonds. The Balaban J connectivity index is 2.09. The van der Waals surface area contributed by atoms with Crippen LogP contribution in [0.25, 0.3) is 0 Å². The summed E-state index contributed by atoms with van der Waals surface area (Å²) in [5.41, 5.74) is 0.496. The molecule has 0 bridgehead atoms. The first kappa shape index (κ1) is 17.2. The van der Waals surface area contributed by atoms with Gasteiger partial charge in [0.25, 0.3) is 11.8 Å². The second-order valence-corrected chi connectivity index (χ2v) is 4.94. The van der Waals surface area contributed by atoms with E-state index in [1.807, 2.05) is 0 Å². The molecule has 1 heterocycles. The Hall–Kier alpha value is -3.17. The van der Waals surface area contributed by atoms with Gasteiger partial charge in [0.15, 0.2) is 6.54 Å². The Bertz CT molecular complexity index is 669. The van der Waals surface area contributed by atoms with E-state index in [0.29, 0.717) is 0 Å². The number of aliphatic carboxylic acids is 1. The highest BCUT2D eigenvalue weighted by Gasteiger charge is 2.39. The Morgan fingerprint density at radius 2 is 1.92 bits per heavy atom. The van der Waals surface area contributed by atoms with E-state index in [0.717, 1.165) is 9.91 Å². The zero-order chi connectivity index (χ0) is 17.9. The summed E-state index contributed by atoms with van der Waals surface area (Å²) in [5.74, 6) is -2.30. The van der Waals surface area contributed by atoms with Crippen LogP contribution in [-0.4, -0.2) is 57.1 Å². The van der Waals surface area contributed by atoms with Gasteiger partial charge in [-0.3, -0.25) is 14.4 Å². The van der Waals surface area contributed by atoms with Gasteiger partial charge in [0, 0.05) is 0 Å². The monoisotopic (exact) mass is 336 g/mol. The normalized spacial score (nSPS) is 15.2. The van der Waals surface area contributed by atoms with Gasteiger partial charge in [0.2, 0.25) is 11.5 Å². The molecule has 1 aliphatic rings. The van der Waals surface area contributed by atoms with Gasteiger partial charge in [-0.2, -0.15) is 0 Å². The van der Waals surface area contributed by atoms with Crippen molar-refractivity contribution in [3.63, 3.8) is 0 Å². The average molecular weight is 336 g/mol. The van der Waals surface area contributed by atoms with Crippen LogP contribution in [0.1, 0.15) is 34.6 Å². The Labute approximate surface area is 137 Å². The second-order valence-electron chi connectivity index (χ2n) is 4.94. The molecular weight excluding hydrogens is 320 g/mol. The number of likely N-dealkylation sites (N-methyl/N-ethyl adjacent to an activating group) is 1. The number of rotatable bonds is 7. The zero-order valence-electron chi connectivity index (χ0n) is 13.1. The lowest BCUT2D eigenvalue weighted by molar-refractivity contribution is -0.709. The third-order valence-corrected chi connectivity index (χ3v) is 3.38. The van der Waals surface area contributed by atoms with Gasteiger partial charge in [0.05, 0.1) is 22.6 Å². The topological polar surface area (TPSA) is 126 Å². The summed E-state index contributed by atoms with van der Waals surface area (Å²) in [4.78, 5) is 40.8. The van der Waals surface area contributed by atoms with Crippen LogP contribution in [0.4, 0.5) is 0 Å². The van der Waals surface area contributed by atoms with Crippen LogP contribution < -0.4 is 0 Å². The zero-order valence-corrected chi connectivity index (χ0v) is 13.1. The van der Waals surface area contributed by atoms with Crippen molar-refractivity contribution in [2.45, 2.75) is 20.1 Å². The van der Waals surface area contributed by atoms with Crippen molar-refractivity contribution in [1.29, 1.82) is 0 Å². The number of imide groups is 1. The maximum Gasteiger partial charge on any atom is 0.329 e. The summed E-state index contributed by atoms with van der Waals surface area (Å²) in [5, 5.41) is 24.5. The van der Waals surface area contributed by atoms with E-state index in [-0.39, 0.29) is 22.6 Å². The quantitative estimate of drug-likeness (QED) is 0.338. The van der Waals surface area contributed by atoms with Crippen molar-refractivity contribution in [3.05, 3.63) is 40.6 Å². The number of hydrazine groups is 1. The van der Waals surface area contributed by atoms with E-state index in [1.165, 1.54) is 19.1 Å². The number of hydrogen-bond acceptors (Lipinski definition) is 6. The third kappa shape index (κ3) is 3.26. The smallest absolute Gasteiger partial charge is 0.329 e. The summed E-state index contributed by atoms with van der Waals surface area (Å²) in [6.45, 7) is 2.47. The summed E-state index contributed by atoms with van der Waals surface area (Å²) < 4.78 is 0. The van der Waals surface area contributed by atoms with E-state index in [9.17, 15) is 19.6 Å². The molecule has 1 atom stereocenters. The maximum atomic E-state index is 12.2. The molecule has 1 N–H and O–H groups in total. The molecule has 0 aliphatic carbocycles. The Kier molecular flexibility index (Phi) is 4.97. The Morgan fingerprint density at radius 3 is 2.38 bits per heavy atom. The first-order valence-electron chi connectivity index (χ1n) is 7.14. The van der Waals surface area contributed by atoms with E-state index < -0.39 is 30.6 Å². The van der Waals surface area contributed by atoms with Crippen LogP contribution in [-0.2, 0) is 9.63 Å². The molecule has 1 unspecified atom stereocenters. The minimum atomic E-state index is -1.21. The number of carbonyl (C=O) groups excluding carboxylic acids is 2. The summed E-state index contributed by atoms with van der Waals surface area (Å²) in [6, 6.07) is 6.30. The van der Waals surface area contributed by atoms with Crippen molar-refractivity contribution < 1.29 is 29.3 Å². The van der Waals surface area contributed by atoms with E-state index in [1.54, 1.807) is 19.1 Å². The van der Waals surface area contributed by atoms with Gasteiger partial charge in [-0.1, -0.05) is 12.1 Å². The fourth-order valence-corrected chi connectivity index (χ4v) is 2.19. The van der Waals surface area contributed by atoms with Crippen LogP contribution in [0, 0.1) is 5.21 Å². The molecular formula is C14H16N4O6. The largest absolute Gasteiger partial charge is 0.569 e. The lowest BCUT2D eigenvalue weighted by Gasteiger charge is -2.19. The second kappa shape index (κ2) is 6.94. The molecule has 0 saturated heterocycles. The van der Waals surface area contributed by atoms with Crippen molar-refractivity contribution in [1.82, 2.24) is 9.91 Å². The highest BCUT2D eigenvalue weighted by atomic mass is 16.7. The molecule has 0 radical (unpaired) electrons. The SMILES string of the molecule is CCN(CC(=O)O)[N+]([O-])=NOC(C)N1C(=O)c2ccccc2C1=O. The lowest BCUT2D eigenvalue weighted by Crippen LogP contribution is -2.40. The van der Waals surface area contributed by atoms with Crippen molar-refractivity contribution >= 4 is 17.8 Å². The minimum absolute atomic E-state index is 0.0250. The third-order valence-electron chi connectivity index (χ3n) is 3.38. The van der Waals surface area contributed by atoms with Gasteiger partial charge in [-0.15, -0.1) is 5.01 Å². The summed E-state index contributed by atoms with van der Waals surface area (Å²) in [7, 11) is 0. The average Bonchev–Trinajstić information content (AvgIpc) is 2.81. The highest BCUT2D eigenvalue weighted by Crippen LogP contribution is 2.24.